The van der Waals surface area contributed by atoms with Crippen molar-refractivity contribution in [3.05, 3.63) is 158 Å². The number of benzene rings is 4. The van der Waals surface area contributed by atoms with E-state index in [9.17, 15) is 8.78 Å². The minimum atomic E-state index is -0.279. The largest absolute Gasteiger partial charge is 0.376 e. The van der Waals surface area contributed by atoms with Gasteiger partial charge in [0.2, 0.25) is 0 Å². The van der Waals surface area contributed by atoms with Crippen LogP contribution in [0.2, 0.25) is 0 Å². The topological polar surface area (TPSA) is 128 Å². The molecule has 0 atom stereocenters. The van der Waals surface area contributed by atoms with Gasteiger partial charge in [-0.1, -0.05) is 48.5 Å². The normalized spacial score (nSPS) is 10.1. The Morgan fingerprint density at radius 2 is 0.680 bits per heavy atom. The molecule has 0 fully saturated rings. The zero-order valence-electron chi connectivity index (χ0n) is 26.4. The van der Waals surface area contributed by atoms with Gasteiger partial charge in [-0.3, -0.25) is 19.9 Å². The number of pyridine rings is 4. The van der Waals surface area contributed by atoms with E-state index < -0.39 is 0 Å². The summed E-state index contributed by atoms with van der Waals surface area (Å²) in [6, 6.07) is 35.9. The summed E-state index contributed by atoms with van der Waals surface area (Å²) in [6.07, 6.45) is 7.21. The van der Waals surface area contributed by atoms with E-state index in [0.717, 1.165) is 43.6 Å². The third kappa shape index (κ3) is 9.89. The first-order chi connectivity index (χ1) is 24.3. The van der Waals surface area contributed by atoms with Crippen molar-refractivity contribution in [2.75, 3.05) is 10.6 Å². The molecule has 6 N–H and O–H groups in total. The van der Waals surface area contributed by atoms with Crippen LogP contribution in [0.25, 0.3) is 43.6 Å². The Balaban J connectivity index is 0.000000131. The van der Waals surface area contributed by atoms with Crippen LogP contribution < -0.4 is 22.1 Å². The third-order valence-corrected chi connectivity index (χ3v) is 7.12. The highest BCUT2D eigenvalue weighted by Gasteiger charge is 2.01. The maximum Gasteiger partial charge on any atom is 0.168 e. The minimum Gasteiger partial charge on any atom is -0.376 e. The summed E-state index contributed by atoms with van der Waals surface area (Å²) in [5, 5.41) is 10.3. The van der Waals surface area contributed by atoms with E-state index >= 15 is 0 Å². The lowest BCUT2D eigenvalue weighted by Gasteiger charge is -2.01. The van der Waals surface area contributed by atoms with Crippen molar-refractivity contribution in [1.29, 1.82) is 0 Å². The van der Waals surface area contributed by atoms with Crippen LogP contribution in [-0.4, -0.2) is 30.2 Å². The summed E-state index contributed by atoms with van der Waals surface area (Å²) < 4.78 is 24.7. The van der Waals surface area contributed by atoms with Gasteiger partial charge in [0.1, 0.15) is 11.6 Å². The van der Waals surface area contributed by atoms with E-state index in [0.29, 0.717) is 11.4 Å². The maximum atomic E-state index is 12.3. The minimum absolute atomic E-state index is 0.177. The van der Waals surface area contributed by atoms with Gasteiger partial charge in [-0.25, -0.2) is 8.78 Å². The standard InChI is InChI=1S/2C12H8N2.2C7H7FN2S/c2*1-3-9-5-6-10-4-2-8-14-12(10)11(9)13-7-1;2*8-5-1-3-6(4-2-5)10-7(9)11/h2*1-8H;2*1-4H,(H3,9,10,11). The van der Waals surface area contributed by atoms with Crippen molar-refractivity contribution >= 4 is 89.6 Å². The molecule has 8 aromatic rings. The number of thiocarbonyl (C=S) groups is 2. The van der Waals surface area contributed by atoms with Crippen molar-refractivity contribution in [1.82, 2.24) is 19.9 Å². The van der Waals surface area contributed by atoms with E-state index in [1.807, 2.05) is 24.3 Å². The van der Waals surface area contributed by atoms with Crippen LogP contribution >= 0.6 is 24.4 Å². The summed E-state index contributed by atoms with van der Waals surface area (Å²) in [4.78, 5) is 17.4. The summed E-state index contributed by atoms with van der Waals surface area (Å²) in [5.74, 6) is -0.558. The molecule has 0 aliphatic carbocycles. The van der Waals surface area contributed by atoms with Crippen molar-refractivity contribution in [2.24, 2.45) is 11.5 Å². The van der Waals surface area contributed by atoms with Gasteiger partial charge in [0.25, 0.3) is 0 Å². The average molecular weight is 701 g/mol. The average Bonchev–Trinajstić information content (AvgIpc) is 3.14. The molecule has 0 aliphatic heterocycles. The number of hydrogen-bond donors (Lipinski definition) is 4. The van der Waals surface area contributed by atoms with Gasteiger partial charge in [-0.15, -0.1) is 0 Å². The first kappa shape index (κ1) is 35.1. The van der Waals surface area contributed by atoms with Crippen LogP contribution in [0.5, 0.6) is 0 Å². The molecule has 0 saturated heterocycles. The summed E-state index contributed by atoms with van der Waals surface area (Å²) in [5.41, 5.74) is 15.7. The number of nitrogens with two attached hydrogens (primary N) is 2. The van der Waals surface area contributed by atoms with E-state index in [-0.39, 0.29) is 21.9 Å². The fraction of sp³-hybridized carbons (Fsp3) is 0. The van der Waals surface area contributed by atoms with Crippen LogP contribution in [0.15, 0.2) is 146 Å². The van der Waals surface area contributed by atoms with Crippen molar-refractivity contribution in [3.63, 3.8) is 0 Å². The molecule has 12 heteroatoms. The van der Waals surface area contributed by atoms with Crippen LogP contribution in [0.4, 0.5) is 20.2 Å². The molecule has 8 nitrogen and oxygen atoms in total. The Morgan fingerprint density at radius 3 is 0.920 bits per heavy atom. The molecule has 50 heavy (non-hydrogen) atoms. The predicted molar refractivity (Wildman–Crippen MR) is 208 cm³/mol. The van der Waals surface area contributed by atoms with Crippen molar-refractivity contribution in [3.8, 4) is 0 Å². The lowest BCUT2D eigenvalue weighted by Crippen LogP contribution is -2.18. The second-order valence-corrected chi connectivity index (χ2v) is 11.3. The highest BCUT2D eigenvalue weighted by molar-refractivity contribution is 7.80. The number of fused-ring (bicyclic) bond motifs is 6. The molecule has 0 spiro atoms. The first-order valence-corrected chi connectivity index (χ1v) is 15.9. The van der Waals surface area contributed by atoms with Crippen molar-refractivity contribution in [2.45, 2.75) is 0 Å². The predicted octanol–water partition coefficient (Wildman–Crippen LogP) is 8.53. The molecule has 8 rings (SSSR count). The number of anilines is 2. The Kier molecular flexibility index (Phi) is 12.1. The highest BCUT2D eigenvalue weighted by atomic mass is 32.1. The zero-order valence-corrected chi connectivity index (χ0v) is 28.0. The van der Waals surface area contributed by atoms with Gasteiger partial charge in [0.05, 0.1) is 22.1 Å². The lowest BCUT2D eigenvalue weighted by atomic mass is 10.1. The Morgan fingerprint density at radius 1 is 0.420 bits per heavy atom. The van der Waals surface area contributed by atoms with E-state index in [4.69, 9.17) is 11.5 Å². The number of aromatic nitrogens is 4. The van der Waals surface area contributed by atoms with Gasteiger partial charge in [0.15, 0.2) is 10.2 Å². The SMILES string of the molecule is NC(=S)Nc1ccc(F)cc1.NC(=S)Nc1ccc(F)cc1.c1cnc2c(c1)ccc1cccnc12.c1cnc2c(c1)ccc1cccnc12. The number of nitrogens with one attached hydrogen (secondary N) is 2. The quantitative estimate of drug-likeness (QED) is 0.103. The fourth-order valence-corrected chi connectivity index (χ4v) is 4.95. The van der Waals surface area contributed by atoms with Crippen molar-refractivity contribution < 1.29 is 8.78 Å². The summed E-state index contributed by atoms with van der Waals surface area (Å²) in [6.45, 7) is 0. The first-order valence-electron chi connectivity index (χ1n) is 15.1. The lowest BCUT2D eigenvalue weighted by molar-refractivity contribution is 0.627. The fourth-order valence-electron chi connectivity index (χ4n) is 4.71. The number of hydrogen-bond acceptors (Lipinski definition) is 6. The maximum absolute atomic E-state index is 12.3. The third-order valence-electron chi connectivity index (χ3n) is 6.91. The molecular weight excluding hydrogens is 671 g/mol. The Labute approximate surface area is 297 Å². The van der Waals surface area contributed by atoms with Gasteiger partial charge in [-0.2, -0.15) is 0 Å². The second-order valence-electron chi connectivity index (χ2n) is 10.4. The smallest absolute Gasteiger partial charge is 0.168 e. The van der Waals surface area contributed by atoms with E-state index in [2.05, 4.69) is 104 Å². The van der Waals surface area contributed by atoms with Gasteiger partial charge >= 0.3 is 0 Å². The molecule has 0 unspecified atom stereocenters. The van der Waals surface area contributed by atoms with Gasteiger partial charge < -0.3 is 22.1 Å². The van der Waals surface area contributed by atoms with E-state index in [1.165, 1.54) is 24.3 Å². The monoisotopic (exact) mass is 700 g/mol. The number of halogens is 2. The Hall–Kier alpha value is -6.24. The molecule has 0 bridgehead atoms. The number of rotatable bonds is 2. The molecular formula is C38H30F2N8S2. The van der Waals surface area contributed by atoms with Crippen LogP contribution in [0.3, 0.4) is 0 Å². The molecule has 248 valence electrons. The van der Waals surface area contributed by atoms with Crippen LogP contribution in [0.1, 0.15) is 0 Å². The molecule has 0 amide bonds. The zero-order chi connectivity index (χ0) is 35.3. The molecule has 4 aromatic carbocycles. The second kappa shape index (κ2) is 17.2. The molecule has 4 heterocycles. The summed E-state index contributed by atoms with van der Waals surface area (Å²) in [7, 11) is 0. The summed E-state index contributed by atoms with van der Waals surface area (Å²) >= 11 is 9.17. The molecule has 0 aliphatic rings. The highest BCUT2D eigenvalue weighted by Crippen LogP contribution is 2.21. The van der Waals surface area contributed by atoms with E-state index in [1.54, 1.807) is 49.1 Å². The van der Waals surface area contributed by atoms with Crippen LogP contribution in [0, 0.1) is 11.6 Å². The van der Waals surface area contributed by atoms with Crippen LogP contribution in [-0.2, 0) is 0 Å². The van der Waals surface area contributed by atoms with Gasteiger partial charge in [-0.05, 0) is 97.2 Å². The van der Waals surface area contributed by atoms with Gasteiger partial charge in [0, 0.05) is 57.7 Å². The Bertz CT molecular complexity index is 2100. The number of nitrogens with zero attached hydrogens (tertiary/aromatic N) is 4. The molecule has 0 radical (unpaired) electrons. The molecule has 4 aromatic heterocycles. The molecule has 0 saturated carbocycles.